The summed E-state index contributed by atoms with van der Waals surface area (Å²) in [6.45, 7) is 5.48. The van der Waals surface area contributed by atoms with Gasteiger partial charge in [0.1, 0.15) is 0 Å². The van der Waals surface area contributed by atoms with Crippen molar-refractivity contribution in [2.75, 3.05) is 32.1 Å². The van der Waals surface area contributed by atoms with Gasteiger partial charge in [-0.2, -0.15) is 5.10 Å². The number of aryl methyl sites for hydroxylation is 3. The van der Waals surface area contributed by atoms with Crippen molar-refractivity contribution in [3.05, 3.63) is 41.2 Å². The highest BCUT2D eigenvalue weighted by Gasteiger charge is 2.23. The number of carbonyl (C=O) groups excluding carboxylic acids is 1. The number of halogens is 1. The number of aromatic nitrogens is 3. The number of benzene rings is 1. The molecule has 6 nitrogen and oxygen atoms in total. The molecular weight excluding hydrogens is 370 g/mol. The molecule has 8 heteroatoms. The molecule has 0 bridgehead atoms. The number of likely N-dealkylation sites (N-methyl/N-ethyl adjacent to an activating group) is 1. The van der Waals surface area contributed by atoms with E-state index in [9.17, 15) is 4.79 Å². The Hall–Kier alpha value is -1.96. The van der Waals surface area contributed by atoms with Gasteiger partial charge < -0.3 is 4.90 Å². The molecule has 0 fully saturated rings. The molecule has 0 aliphatic heterocycles. The largest absolute Gasteiger partial charge is 0.308 e. The van der Waals surface area contributed by atoms with Gasteiger partial charge in [-0.1, -0.05) is 17.4 Å². The Labute approximate surface area is 163 Å². The lowest BCUT2D eigenvalue weighted by atomic mass is 10.1. The Morgan fingerprint density at radius 1 is 1.19 bits per heavy atom. The maximum atomic E-state index is 13.0. The van der Waals surface area contributed by atoms with Crippen molar-refractivity contribution < 1.29 is 4.79 Å². The van der Waals surface area contributed by atoms with Crippen LogP contribution in [-0.2, 0) is 7.05 Å². The normalized spacial score (nSPS) is 11.0. The number of anilines is 1. The second-order valence-electron chi connectivity index (χ2n) is 6.49. The van der Waals surface area contributed by atoms with Crippen molar-refractivity contribution in [1.29, 1.82) is 0 Å². The molecule has 0 radical (unpaired) electrons. The van der Waals surface area contributed by atoms with Gasteiger partial charge in [0.05, 0.1) is 10.2 Å². The van der Waals surface area contributed by atoms with Gasteiger partial charge in [0.25, 0.3) is 5.91 Å². The number of thiazole rings is 1. The number of nitrogens with zero attached hydrogens (tertiary/aromatic N) is 5. The molecule has 2 heterocycles. The van der Waals surface area contributed by atoms with Crippen LogP contribution in [0.3, 0.4) is 0 Å². The number of hydrogen-bond acceptors (Lipinski definition) is 5. The van der Waals surface area contributed by atoms with Crippen molar-refractivity contribution in [2.24, 2.45) is 7.05 Å². The molecule has 0 atom stereocenters. The summed E-state index contributed by atoms with van der Waals surface area (Å²) in [5, 5.41) is 4.98. The Morgan fingerprint density at radius 2 is 1.92 bits per heavy atom. The van der Waals surface area contributed by atoms with Crippen LogP contribution in [0.5, 0.6) is 0 Å². The summed E-state index contributed by atoms with van der Waals surface area (Å²) in [7, 11) is 5.80. The first-order chi connectivity index (χ1) is 11.9. The fourth-order valence-corrected chi connectivity index (χ4v) is 3.63. The van der Waals surface area contributed by atoms with E-state index in [0.717, 1.165) is 27.5 Å². The standard InChI is InChI=1S/C18H23N5OS.ClH/c1-12-6-7-15-16(13(12)2)19-18(25-15)23(11-10-21(3)4)17(24)14-8-9-22(5)20-14;/h6-9H,10-11H2,1-5H3;1H. The van der Waals surface area contributed by atoms with E-state index < -0.39 is 0 Å². The molecule has 0 N–H and O–H groups in total. The van der Waals surface area contributed by atoms with Crippen LogP contribution in [0.25, 0.3) is 10.2 Å². The molecule has 1 aromatic carbocycles. The van der Waals surface area contributed by atoms with Crippen molar-refractivity contribution in [3.63, 3.8) is 0 Å². The Bertz CT molecular complexity index is 918. The van der Waals surface area contributed by atoms with Crippen LogP contribution >= 0.6 is 23.7 Å². The molecule has 0 aliphatic carbocycles. The van der Waals surface area contributed by atoms with Gasteiger partial charge in [0.2, 0.25) is 0 Å². The summed E-state index contributed by atoms with van der Waals surface area (Å²) in [5.74, 6) is -0.115. The number of carbonyl (C=O) groups is 1. The summed E-state index contributed by atoms with van der Waals surface area (Å²) < 4.78 is 2.74. The summed E-state index contributed by atoms with van der Waals surface area (Å²) in [4.78, 5) is 21.6. The number of fused-ring (bicyclic) bond motifs is 1. The van der Waals surface area contributed by atoms with Crippen LogP contribution < -0.4 is 4.90 Å². The van der Waals surface area contributed by atoms with Crippen LogP contribution in [0, 0.1) is 13.8 Å². The molecular formula is C18H24ClN5OS. The third-order valence-corrected chi connectivity index (χ3v) is 5.30. The molecule has 3 rings (SSSR count). The molecule has 0 saturated heterocycles. The molecule has 0 spiro atoms. The monoisotopic (exact) mass is 393 g/mol. The Balaban J connectivity index is 0.00000243. The molecule has 1 amide bonds. The smallest absolute Gasteiger partial charge is 0.280 e. The predicted molar refractivity (Wildman–Crippen MR) is 110 cm³/mol. The van der Waals surface area contributed by atoms with Gasteiger partial charge in [-0.3, -0.25) is 14.4 Å². The Morgan fingerprint density at radius 3 is 2.54 bits per heavy atom. The third-order valence-electron chi connectivity index (χ3n) is 4.25. The van der Waals surface area contributed by atoms with Crippen molar-refractivity contribution in [3.8, 4) is 0 Å². The minimum atomic E-state index is -0.115. The van der Waals surface area contributed by atoms with Gasteiger partial charge in [0.15, 0.2) is 10.8 Å². The Kier molecular flexibility index (Phi) is 6.39. The van der Waals surface area contributed by atoms with Gasteiger partial charge in [-0.05, 0) is 51.2 Å². The van der Waals surface area contributed by atoms with Crippen LogP contribution in [0.15, 0.2) is 24.4 Å². The molecule has 0 unspecified atom stereocenters. The topological polar surface area (TPSA) is 54.3 Å². The molecule has 3 aromatic rings. The average molecular weight is 394 g/mol. The summed E-state index contributed by atoms with van der Waals surface area (Å²) in [6, 6.07) is 5.92. The fraction of sp³-hybridized carbons (Fsp3) is 0.389. The van der Waals surface area contributed by atoms with Gasteiger partial charge in [-0.15, -0.1) is 12.4 Å². The maximum Gasteiger partial charge on any atom is 0.280 e. The molecule has 26 heavy (non-hydrogen) atoms. The molecule has 0 saturated carbocycles. The average Bonchev–Trinajstić information content (AvgIpc) is 3.17. The molecule has 140 valence electrons. The van der Waals surface area contributed by atoms with E-state index in [4.69, 9.17) is 4.98 Å². The van der Waals surface area contributed by atoms with Crippen LogP contribution in [-0.4, -0.2) is 52.8 Å². The lowest BCUT2D eigenvalue weighted by Gasteiger charge is -2.21. The lowest BCUT2D eigenvalue weighted by Crippen LogP contribution is -2.37. The maximum absolute atomic E-state index is 13.0. The summed E-state index contributed by atoms with van der Waals surface area (Å²) in [6.07, 6.45) is 1.78. The first-order valence-electron chi connectivity index (χ1n) is 8.20. The molecule has 0 aliphatic rings. The molecule has 2 aromatic heterocycles. The first-order valence-corrected chi connectivity index (χ1v) is 9.01. The summed E-state index contributed by atoms with van der Waals surface area (Å²) >= 11 is 1.55. The minimum Gasteiger partial charge on any atom is -0.308 e. The lowest BCUT2D eigenvalue weighted by molar-refractivity contribution is 0.0979. The zero-order chi connectivity index (χ0) is 18.1. The van der Waals surface area contributed by atoms with Crippen molar-refractivity contribution >= 4 is 45.0 Å². The highest BCUT2D eigenvalue weighted by Crippen LogP contribution is 2.32. The second kappa shape index (κ2) is 8.16. The minimum absolute atomic E-state index is 0. The first kappa shape index (κ1) is 20.4. The van der Waals surface area contributed by atoms with Gasteiger partial charge >= 0.3 is 0 Å². The summed E-state index contributed by atoms with van der Waals surface area (Å²) in [5.41, 5.74) is 3.79. The zero-order valence-corrected chi connectivity index (χ0v) is 17.3. The fourth-order valence-electron chi connectivity index (χ4n) is 2.58. The highest BCUT2D eigenvalue weighted by molar-refractivity contribution is 7.22. The van der Waals surface area contributed by atoms with Crippen LogP contribution in [0.1, 0.15) is 21.6 Å². The third kappa shape index (κ3) is 4.06. The van der Waals surface area contributed by atoms with E-state index in [0.29, 0.717) is 12.2 Å². The van der Waals surface area contributed by atoms with E-state index in [2.05, 4.69) is 36.0 Å². The zero-order valence-electron chi connectivity index (χ0n) is 15.7. The number of hydrogen-bond donors (Lipinski definition) is 0. The van der Waals surface area contributed by atoms with Crippen LogP contribution in [0.2, 0.25) is 0 Å². The SMILES string of the molecule is Cc1ccc2sc(N(CCN(C)C)C(=O)c3ccn(C)n3)nc2c1C.Cl. The highest BCUT2D eigenvalue weighted by atomic mass is 35.5. The quantitative estimate of drug-likeness (QED) is 0.667. The van der Waals surface area contributed by atoms with Crippen LogP contribution in [0.4, 0.5) is 5.13 Å². The van der Waals surface area contributed by atoms with E-state index >= 15 is 0 Å². The van der Waals surface area contributed by atoms with Crippen molar-refractivity contribution in [1.82, 2.24) is 19.7 Å². The van der Waals surface area contributed by atoms with Gasteiger partial charge in [0, 0.05) is 26.3 Å². The second-order valence-corrected chi connectivity index (χ2v) is 7.49. The number of amides is 1. The van der Waals surface area contributed by atoms with E-state index in [1.807, 2.05) is 21.1 Å². The van der Waals surface area contributed by atoms with E-state index in [-0.39, 0.29) is 18.3 Å². The van der Waals surface area contributed by atoms with Crippen molar-refractivity contribution in [2.45, 2.75) is 13.8 Å². The van der Waals surface area contributed by atoms with E-state index in [1.165, 1.54) is 5.56 Å². The van der Waals surface area contributed by atoms with Gasteiger partial charge in [-0.25, -0.2) is 4.98 Å². The predicted octanol–water partition coefficient (Wildman–Crippen LogP) is 3.28. The van der Waals surface area contributed by atoms with E-state index in [1.54, 1.807) is 33.2 Å². The number of rotatable bonds is 5.